The molecule has 9 heteroatoms. The number of likely N-dealkylation sites (N-methyl/N-ethyl adjacent to an activating group) is 1. The van der Waals surface area contributed by atoms with Crippen LogP contribution in [-0.2, 0) is 6.54 Å². The number of nitro groups is 1. The number of non-ortho nitro benzene ring substituents is 1. The lowest BCUT2D eigenvalue weighted by atomic mass is 10.2. The topological polar surface area (TPSA) is 93.3 Å². The number of nitrogens with one attached hydrogen (secondary N) is 1. The van der Waals surface area contributed by atoms with Gasteiger partial charge in [-0.3, -0.25) is 20.2 Å². The van der Waals surface area contributed by atoms with Crippen LogP contribution in [0.25, 0.3) is 11.0 Å². The zero-order chi connectivity index (χ0) is 21.0. The molecule has 0 aliphatic carbocycles. The van der Waals surface area contributed by atoms with E-state index in [0.717, 1.165) is 30.7 Å². The zero-order valence-electron chi connectivity index (χ0n) is 16.3. The van der Waals surface area contributed by atoms with Gasteiger partial charge in [0, 0.05) is 25.2 Å². The maximum atomic E-state index is 12.8. The summed E-state index contributed by atoms with van der Waals surface area (Å²) in [5.74, 6) is -0.163. The molecular weight excluding hydrogens is 394 g/mol. The van der Waals surface area contributed by atoms with Crippen molar-refractivity contribution in [3.8, 4) is 0 Å². The van der Waals surface area contributed by atoms with E-state index in [1.807, 2.05) is 28.8 Å². The second-order valence-corrected chi connectivity index (χ2v) is 6.89. The lowest BCUT2D eigenvalue weighted by molar-refractivity contribution is -0.384. The van der Waals surface area contributed by atoms with Crippen LogP contribution in [0, 0.1) is 10.1 Å². The Morgan fingerprint density at radius 1 is 1.24 bits per heavy atom. The van der Waals surface area contributed by atoms with E-state index >= 15 is 0 Å². The fraction of sp³-hybridized carbons (Fsp3) is 0.300. The molecule has 0 radical (unpaired) electrons. The van der Waals surface area contributed by atoms with Gasteiger partial charge in [0.2, 0.25) is 5.95 Å². The van der Waals surface area contributed by atoms with Gasteiger partial charge in [0.25, 0.3) is 11.6 Å². The number of halogens is 1. The Labute approximate surface area is 173 Å². The van der Waals surface area contributed by atoms with Gasteiger partial charge in [0.1, 0.15) is 0 Å². The van der Waals surface area contributed by atoms with E-state index in [9.17, 15) is 14.9 Å². The van der Waals surface area contributed by atoms with Crippen LogP contribution < -0.4 is 5.32 Å². The fourth-order valence-electron chi connectivity index (χ4n) is 3.15. The maximum absolute atomic E-state index is 12.8. The number of nitro benzene ring substituents is 1. The number of nitrogens with zero attached hydrogens (tertiary/aromatic N) is 4. The summed E-state index contributed by atoms with van der Waals surface area (Å²) in [6.45, 7) is 7.49. The van der Waals surface area contributed by atoms with Gasteiger partial charge in [-0.25, -0.2) is 4.98 Å². The first-order valence-corrected chi connectivity index (χ1v) is 9.75. The Bertz CT molecular complexity index is 1050. The Kier molecular flexibility index (Phi) is 6.46. The van der Waals surface area contributed by atoms with Crippen LogP contribution in [0.3, 0.4) is 0 Å². The molecule has 1 N–H and O–H groups in total. The minimum Gasteiger partial charge on any atom is -0.309 e. The van der Waals surface area contributed by atoms with Gasteiger partial charge >= 0.3 is 0 Å². The van der Waals surface area contributed by atoms with Crippen LogP contribution in [0.1, 0.15) is 24.2 Å². The standard InChI is InChI=1S/C20H22ClN5O3/c1-3-24(4-2)11-12-25-18-8-6-5-7-17(18)22-20(25)23-19(27)15-13-14(26(28)29)9-10-16(15)21/h5-10,13H,3-4,11-12H2,1-2H3,(H,22,23,27). The van der Waals surface area contributed by atoms with Crippen LogP contribution in [0.4, 0.5) is 11.6 Å². The highest BCUT2D eigenvalue weighted by Gasteiger charge is 2.19. The number of aromatic nitrogens is 2. The van der Waals surface area contributed by atoms with Crippen molar-refractivity contribution in [2.75, 3.05) is 25.0 Å². The Morgan fingerprint density at radius 3 is 2.66 bits per heavy atom. The van der Waals surface area contributed by atoms with Gasteiger partial charge in [0.05, 0.1) is 26.5 Å². The molecule has 152 valence electrons. The predicted octanol–water partition coefficient (Wildman–Crippen LogP) is 4.19. The molecule has 8 nitrogen and oxygen atoms in total. The van der Waals surface area contributed by atoms with Crippen LogP contribution in [0.5, 0.6) is 0 Å². The number of anilines is 1. The van der Waals surface area contributed by atoms with E-state index < -0.39 is 10.8 Å². The summed E-state index contributed by atoms with van der Waals surface area (Å²) in [6.07, 6.45) is 0. The molecular formula is C20H22ClN5O3. The van der Waals surface area contributed by atoms with E-state index in [-0.39, 0.29) is 16.3 Å². The average Bonchev–Trinajstić information content (AvgIpc) is 3.06. The molecule has 29 heavy (non-hydrogen) atoms. The summed E-state index contributed by atoms with van der Waals surface area (Å²) in [7, 11) is 0. The van der Waals surface area contributed by atoms with Crippen LogP contribution in [0.15, 0.2) is 42.5 Å². The molecule has 0 aliphatic rings. The normalized spacial score (nSPS) is 11.2. The molecule has 0 aliphatic heterocycles. The molecule has 1 aromatic heterocycles. The largest absolute Gasteiger partial charge is 0.309 e. The molecule has 0 saturated heterocycles. The summed E-state index contributed by atoms with van der Waals surface area (Å²) in [4.78, 5) is 30.1. The molecule has 0 fully saturated rings. The number of carbonyl (C=O) groups is 1. The molecule has 3 rings (SSSR count). The molecule has 1 heterocycles. The Morgan fingerprint density at radius 2 is 1.97 bits per heavy atom. The number of benzene rings is 2. The van der Waals surface area contributed by atoms with E-state index in [2.05, 4.69) is 29.0 Å². The molecule has 0 unspecified atom stereocenters. The van der Waals surface area contributed by atoms with Gasteiger partial charge in [-0.1, -0.05) is 37.6 Å². The highest BCUT2D eigenvalue weighted by atomic mass is 35.5. The van der Waals surface area contributed by atoms with E-state index in [1.54, 1.807) is 0 Å². The molecule has 0 saturated carbocycles. The van der Waals surface area contributed by atoms with Crippen molar-refractivity contribution in [1.82, 2.24) is 14.5 Å². The van der Waals surface area contributed by atoms with Gasteiger partial charge in [-0.05, 0) is 31.3 Å². The van der Waals surface area contributed by atoms with Crippen LogP contribution >= 0.6 is 11.6 Å². The molecule has 0 spiro atoms. The van der Waals surface area contributed by atoms with Gasteiger partial charge < -0.3 is 9.47 Å². The summed E-state index contributed by atoms with van der Waals surface area (Å²) in [5.41, 5.74) is 1.49. The zero-order valence-corrected chi connectivity index (χ0v) is 17.0. The molecule has 2 aromatic carbocycles. The van der Waals surface area contributed by atoms with Gasteiger partial charge in [-0.15, -0.1) is 0 Å². The monoisotopic (exact) mass is 415 g/mol. The Hall–Kier alpha value is -2.97. The number of fused-ring (bicyclic) bond motifs is 1. The minimum atomic E-state index is -0.563. The van der Waals surface area contributed by atoms with Gasteiger partial charge in [-0.2, -0.15) is 0 Å². The number of imidazole rings is 1. The molecule has 3 aromatic rings. The lowest BCUT2D eigenvalue weighted by Gasteiger charge is -2.19. The third kappa shape index (κ3) is 4.55. The highest BCUT2D eigenvalue weighted by Crippen LogP contribution is 2.24. The van der Waals surface area contributed by atoms with Crippen molar-refractivity contribution in [3.05, 3.63) is 63.2 Å². The smallest absolute Gasteiger partial charge is 0.270 e. The van der Waals surface area contributed by atoms with E-state index in [1.165, 1.54) is 18.2 Å². The van der Waals surface area contributed by atoms with Crippen molar-refractivity contribution < 1.29 is 9.72 Å². The first-order valence-electron chi connectivity index (χ1n) is 9.37. The summed E-state index contributed by atoms with van der Waals surface area (Å²) < 4.78 is 1.94. The lowest BCUT2D eigenvalue weighted by Crippen LogP contribution is -2.27. The minimum absolute atomic E-state index is 0.0308. The number of rotatable bonds is 8. The summed E-state index contributed by atoms with van der Waals surface area (Å²) in [6, 6.07) is 11.4. The quantitative estimate of drug-likeness (QED) is 0.439. The average molecular weight is 416 g/mol. The Balaban J connectivity index is 1.93. The number of para-hydroxylation sites is 2. The van der Waals surface area contributed by atoms with Crippen molar-refractivity contribution in [2.45, 2.75) is 20.4 Å². The third-order valence-corrected chi connectivity index (χ3v) is 5.15. The second kappa shape index (κ2) is 9.02. The summed E-state index contributed by atoms with van der Waals surface area (Å²) >= 11 is 6.10. The molecule has 0 atom stereocenters. The number of hydrogen-bond acceptors (Lipinski definition) is 5. The summed E-state index contributed by atoms with van der Waals surface area (Å²) in [5, 5.41) is 13.9. The maximum Gasteiger partial charge on any atom is 0.270 e. The first kappa shape index (κ1) is 20.8. The second-order valence-electron chi connectivity index (χ2n) is 6.48. The SMILES string of the molecule is CCN(CC)CCn1c(NC(=O)c2cc([N+](=O)[O-])ccc2Cl)nc2ccccc21. The molecule has 0 bridgehead atoms. The van der Waals surface area contributed by atoms with Crippen LogP contribution in [0.2, 0.25) is 5.02 Å². The van der Waals surface area contributed by atoms with E-state index in [4.69, 9.17) is 11.6 Å². The van der Waals surface area contributed by atoms with Crippen molar-refractivity contribution in [2.24, 2.45) is 0 Å². The van der Waals surface area contributed by atoms with E-state index in [0.29, 0.717) is 12.5 Å². The van der Waals surface area contributed by atoms with Crippen molar-refractivity contribution >= 4 is 40.2 Å². The predicted molar refractivity (Wildman–Crippen MR) is 114 cm³/mol. The first-order chi connectivity index (χ1) is 13.9. The van der Waals surface area contributed by atoms with Gasteiger partial charge in [0.15, 0.2) is 0 Å². The van der Waals surface area contributed by atoms with Crippen molar-refractivity contribution in [1.29, 1.82) is 0 Å². The number of carbonyl (C=O) groups excluding carboxylic acids is 1. The number of hydrogen-bond donors (Lipinski definition) is 1. The molecule has 1 amide bonds. The van der Waals surface area contributed by atoms with Crippen LogP contribution in [-0.4, -0.2) is 44.9 Å². The van der Waals surface area contributed by atoms with Crippen molar-refractivity contribution in [3.63, 3.8) is 0 Å². The fourth-order valence-corrected chi connectivity index (χ4v) is 3.35. The number of amides is 1. The third-order valence-electron chi connectivity index (χ3n) is 4.82. The highest BCUT2D eigenvalue weighted by molar-refractivity contribution is 6.34.